The van der Waals surface area contributed by atoms with Gasteiger partial charge in [0.1, 0.15) is 0 Å². The van der Waals surface area contributed by atoms with Crippen molar-refractivity contribution in [3.8, 4) is 0 Å². The van der Waals surface area contributed by atoms with Crippen LogP contribution in [0.25, 0.3) is 0 Å². The van der Waals surface area contributed by atoms with Crippen LogP contribution in [-0.4, -0.2) is 31.6 Å². The van der Waals surface area contributed by atoms with Gasteiger partial charge in [-0.3, -0.25) is 0 Å². The summed E-state index contributed by atoms with van der Waals surface area (Å²) < 4.78 is 0. The van der Waals surface area contributed by atoms with Crippen LogP contribution in [0, 0.1) is 5.92 Å². The quantitative estimate of drug-likeness (QED) is 0.848. The Bertz CT molecular complexity index is 278. The summed E-state index contributed by atoms with van der Waals surface area (Å²) in [6.45, 7) is 4.79. The van der Waals surface area contributed by atoms with E-state index >= 15 is 0 Å². The van der Waals surface area contributed by atoms with E-state index in [-0.39, 0.29) is 0 Å². The summed E-state index contributed by atoms with van der Waals surface area (Å²) in [7, 11) is 2.23. The molecule has 1 saturated heterocycles. The molecule has 1 aromatic heterocycles. The van der Waals surface area contributed by atoms with E-state index in [9.17, 15) is 0 Å². The number of hydrogen-bond donors (Lipinski definition) is 1. The molecule has 1 fully saturated rings. The highest BCUT2D eigenvalue weighted by atomic mass is 32.1. The van der Waals surface area contributed by atoms with Crippen molar-refractivity contribution in [2.45, 2.75) is 25.8 Å². The van der Waals surface area contributed by atoms with Crippen molar-refractivity contribution in [2.75, 3.05) is 26.7 Å². The Hall–Kier alpha value is -0.380. The molecule has 1 atom stereocenters. The molecule has 3 heteroatoms. The van der Waals surface area contributed by atoms with Crippen LogP contribution in [0.4, 0.5) is 0 Å². The lowest BCUT2D eigenvalue weighted by Gasteiger charge is -2.25. The summed E-state index contributed by atoms with van der Waals surface area (Å²) in [4.78, 5) is 3.92. The Morgan fingerprint density at radius 2 is 2.50 bits per heavy atom. The molecular formula is C13H22N2S. The third-order valence-corrected chi connectivity index (χ3v) is 4.19. The molecule has 1 aromatic rings. The fourth-order valence-electron chi connectivity index (χ4n) is 2.32. The molecule has 2 nitrogen and oxygen atoms in total. The van der Waals surface area contributed by atoms with Gasteiger partial charge in [0.15, 0.2) is 0 Å². The zero-order valence-electron chi connectivity index (χ0n) is 10.1. The molecule has 1 aliphatic heterocycles. The molecule has 2 heterocycles. The number of nitrogens with zero attached hydrogens (tertiary/aromatic N) is 1. The van der Waals surface area contributed by atoms with Gasteiger partial charge >= 0.3 is 0 Å². The topological polar surface area (TPSA) is 15.3 Å². The summed E-state index contributed by atoms with van der Waals surface area (Å²) in [6.07, 6.45) is 4.12. The highest BCUT2D eigenvalue weighted by molar-refractivity contribution is 7.09. The van der Waals surface area contributed by atoms with Crippen molar-refractivity contribution in [1.82, 2.24) is 10.2 Å². The number of piperidine rings is 1. The predicted molar refractivity (Wildman–Crippen MR) is 70.9 cm³/mol. The van der Waals surface area contributed by atoms with Gasteiger partial charge in [-0.1, -0.05) is 6.07 Å². The molecule has 2 rings (SSSR count). The third kappa shape index (κ3) is 3.89. The number of rotatable bonds is 5. The lowest BCUT2D eigenvalue weighted by molar-refractivity contribution is 0.270. The molecule has 16 heavy (non-hydrogen) atoms. The molecule has 1 unspecified atom stereocenters. The van der Waals surface area contributed by atoms with Crippen LogP contribution in [0.3, 0.4) is 0 Å². The second-order valence-electron chi connectivity index (χ2n) is 4.82. The molecule has 0 amide bonds. The molecule has 0 saturated carbocycles. The van der Waals surface area contributed by atoms with Crippen molar-refractivity contribution in [3.05, 3.63) is 22.4 Å². The fourth-order valence-corrected chi connectivity index (χ4v) is 3.10. The van der Waals surface area contributed by atoms with Crippen LogP contribution in [0.1, 0.15) is 24.1 Å². The first-order chi connectivity index (χ1) is 7.84. The normalized spacial score (nSPS) is 21.5. The van der Waals surface area contributed by atoms with Crippen LogP contribution in [-0.2, 0) is 6.54 Å². The summed E-state index contributed by atoms with van der Waals surface area (Å²) in [5.41, 5.74) is 0. The van der Waals surface area contributed by atoms with Crippen molar-refractivity contribution in [3.63, 3.8) is 0 Å². The van der Waals surface area contributed by atoms with E-state index in [1.54, 1.807) is 0 Å². The van der Waals surface area contributed by atoms with E-state index in [4.69, 9.17) is 0 Å². The van der Waals surface area contributed by atoms with E-state index in [1.807, 2.05) is 11.3 Å². The zero-order chi connectivity index (χ0) is 11.2. The van der Waals surface area contributed by atoms with Gasteiger partial charge in [-0.2, -0.15) is 0 Å². The molecule has 0 spiro atoms. The van der Waals surface area contributed by atoms with Gasteiger partial charge in [0.2, 0.25) is 0 Å². The maximum Gasteiger partial charge on any atom is 0.0324 e. The largest absolute Gasteiger partial charge is 0.316 e. The average molecular weight is 238 g/mol. The lowest BCUT2D eigenvalue weighted by atomic mass is 9.96. The summed E-state index contributed by atoms with van der Waals surface area (Å²) in [6, 6.07) is 4.36. The molecular weight excluding hydrogens is 216 g/mol. The number of hydrogen-bond acceptors (Lipinski definition) is 3. The minimum absolute atomic E-state index is 0.902. The van der Waals surface area contributed by atoms with E-state index in [1.165, 1.54) is 43.8 Å². The van der Waals surface area contributed by atoms with Gasteiger partial charge in [-0.25, -0.2) is 0 Å². The van der Waals surface area contributed by atoms with Crippen molar-refractivity contribution >= 4 is 11.3 Å². The first kappa shape index (κ1) is 12.1. The van der Waals surface area contributed by atoms with Gasteiger partial charge in [0.05, 0.1) is 0 Å². The molecule has 0 bridgehead atoms. The Balaban J connectivity index is 1.65. The average Bonchev–Trinajstić information content (AvgIpc) is 2.81. The first-order valence-electron chi connectivity index (χ1n) is 6.26. The van der Waals surface area contributed by atoms with Crippen LogP contribution < -0.4 is 5.32 Å². The minimum Gasteiger partial charge on any atom is -0.316 e. The maximum atomic E-state index is 3.49. The second kappa shape index (κ2) is 6.38. The lowest BCUT2D eigenvalue weighted by Crippen LogP contribution is -2.32. The monoisotopic (exact) mass is 238 g/mol. The van der Waals surface area contributed by atoms with Gasteiger partial charge in [-0.15, -0.1) is 11.3 Å². The van der Waals surface area contributed by atoms with Crippen LogP contribution in [0.5, 0.6) is 0 Å². The van der Waals surface area contributed by atoms with Gasteiger partial charge in [-0.05, 0) is 63.3 Å². The number of nitrogens with one attached hydrogen (secondary N) is 1. The highest BCUT2D eigenvalue weighted by Gasteiger charge is 2.13. The van der Waals surface area contributed by atoms with E-state index in [0.717, 1.165) is 12.5 Å². The van der Waals surface area contributed by atoms with Crippen molar-refractivity contribution < 1.29 is 0 Å². The molecule has 0 radical (unpaired) electrons. The van der Waals surface area contributed by atoms with E-state index in [0.29, 0.717) is 0 Å². The zero-order valence-corrected chi connectivity index (χ0v) is 10.9. The molecule has 1 N–H and O–H groups in total. The predicted octanol–water partition coefficient (Wildman–Crippen LogP) is 2.57. The Morgan fingerprint density at radius 3 is 3.19 bits per heavy atom. The highest BCUT2D eigenvalue weighted by Crippen LogP contribution is 2.16. The Kier molecular flexibility index (Phi) is 4.82. The molecule has 1 aliphatic rings. The summed E-state index contributed by atoms with van der Waals surface area (Å²) in [5.74, 6) is 0.902. The van der Waals surface area contributed by atoms with Crippen molar-refractivity contribution in [2.24, 2.45) is 5.92 Å². The molecule has 0 aliphatic carbocycles. The smallest absolute Gasteiger partial charge is 0.0324 e. The molecule has 0 aromatic carbocycles. The van der Waals surface area contributed by atoms with Crippen LogP contribution >= 0.6 is 11.3 Å². The number of thiophene rings is 1. The van der Waals surface area contributed by atoms with Gasteiger partial charge < -0.3 is 10.2 Å². The maximum absolute atomic E-state index is 3.49. The van der Waals surface area contributed by atoms with Crippen LogP contribution in [0.2, 0.25) is 0 Å². The van der Waals surface area contributed by atoms with Gasteiger partial charge in [0.25, 0.3) is 0 Å². The fraction of sp³-hybridized carbons (Fsp3) is 0.692. The second-order valence-corrected chi connectivity index (χ2v) is 5.85. The Morgan fingerprint density at radius 1 is 1.56 bits per heavy atom. The van der Waals surface area contributed by atoms with Crippen LogP contribution in [0.15, 0.2) is 17.5 Å². The summed E-state index contributed by atoms with van der Waals surface area (Å²) in [5, 5.41) is 5.65. The van der Waals surface area contributed by atoms with Gasteiger partial charge in [0, 0.05) is 11.4 Å². The minimum atomic E-state index is 0.902. The summed E-state index contributed by atoms with van der Waals surface area (Å²) >= 11 is 1.86. The Labute approximate surface area is 103 Å². The van der Waals surface area contributed by atoms with E-state index < -0.39 is 0 Å². The van der Waals surface area contributed by atoms with Crippen molar-refractivity contribution in [1.29, 1.82) is 0 Å². The van der Waals surface area contributed by atoms with E-state index in [2.05, 4.69) is 34.8 Å². The standard InChI is InChI=1S/C13H22N2S/c1-15(11-13-5-3-9-16-13)8-6-12-4-2-7-14-10-12/h3,5,9,12,14H,2,4,6-8,10-11H2,1H3. The first-order valence-corrected chi connectivity index (χ1v) is 7.14. The molecule has 90 valence electrons. The third-order valence-electron chi connectivity index (χ3n) is 3.32. The SMILES string of the molecule is CN(CCC1CCCNC1)Cc1cccs1.